The number of carbonyl (C=O) groups is 2. The van der Waals surface area contributed by atoms with Crippen LogP contribution in [0, 0.1) is 0 Å². The first-order valence-corrected chi connectivity index (χ1v) is 12.5. The molecule has 1 fully saturated rings. The average Bonchev–Trinajstić information content (AvgIpc) is 3.21. The van der Waals surface area contributed by atoms with Gasteiger partial charge in [-0.1, -0.05) is 56.3 Å². The standard InChI is InChI=1S/C32H29NO5/c1-19(2)26-18-21(12-17-27(26)38-4)30(34)28-29(25-11-7-9-20-8-5-6-10-24(20)25)33(32(36)31(28)35)22-13-15-23(37-3)16-14-22/h5-19,29,34H,1-4H3/b30-28+. The van der Waals surface area contributed by atoms with E-state index in [2.05, 4.69) is 0 Å². The van der Waals surface area contributed by atoms with Gasteiger partial charge in [-0.05, 0) is 70.3 Å². The van der Waals surface area contributed by atoms with Crippen molar-refractivity contribution in [2.24, 2.45) is 0 Å². The Balaban J connectivity index is 1.77. The number of fused-ring (bicyclic) bond motifs is 1. The van der Waals surface area contributed by atoms with Crippen molar-refractivity contribution in [3.8, 4) is 11.5 Å². The van der Waals surface area contributed by atoms with Crippen molar-refractivity contribution < 1.29 is 24.2 Å². The van der Waals surface area contributed by atoms with E-state index in [1.165, 1.54) is 4.90 Å². The van der Waals surface area contributed by atoms with Crippen molar-refractivity contribution in [1.82, 2.24) is 0 Å². The fraction of sp³-hybridized carbons (Fsp3) is 0.188. The number of nitrogens with zero attached hydrogens (tertiary/aromatic N) is 1. The number of aliphatic hydroxyl groups excluding tert-OH is 1. The molecule has 1 amide bonds. The van der Waals surface area contributed by atoms with E-state index >= 15 is 0 Å². The van der Waals surface area contributed by atoms with E-state index in [-0.39, 0.29) is 17.3 Å². The summed E-state index contributed by atoms with van der Waals surface area (Å²) in [5.74, 6) is -0.215. The van der Waals surface area contributed by atoms with Gasteiger partial charge in [0.1, 0.15) is 17.3 Å². The van der Waals surface area contributed by atoms with Gasteiger partial charge >= 0.3 is 0 Å². The van der Waals surface area contributed by atoms with Crippen LogP contribution in [0.5, 0.6) is 11.5 Å². The predicted molar refractivity (Wildman–Crippen MR) is 149 cm³/mol. The largest absolute Gasteiger partial charge is 0.507 e. The number of amides is 1. The fourth-order valence-corrected chi connectivity index (χ4v) is 5.11. The Bertz CT molecular complexity index is 1560. The quantitative estimate of drug-likeness (QED) is 0.181. The lowest BCUT2D eigenvalue weighted by Gasteiger charge is -2.26. The smallest absolute Gasteiger partial charge is 0.300 e. The lowest BCUT2D eigenvalue weighted by atomic mass is 9.90. The summed E-state index contributed by atoms with van der Waals surface area (Å²) in [4.78, 5) is 28.7. The zero-order valence-corrected chi connectivity index (χ0v) is 21.8. The number of Topliss-reactive ketones (excluding diaryl/α,β-unsaturated/α-hetero) is 1. The molecule has 1 heterocycles. The zero-order valence-electron chi connectivity index (χ0n) is 21.8. The van der Waals surface area contributed by atoms with Crippen LogP contribution >= 0.6 is 0 Å². The highest BCUT2D eigenvalue weighted by molar-refractivity contribution is 6.51. The van der Waals surface area contributed by atoms with E-state index in [0.29, 0.717) is 22.7 Å². The Kier molecular flexibility index (Phi) is 6.64. The molecule has 1 N–H and O–H groups in total. The second-order valence-electron chi connectivity index (χ2n) is 9.55. The minimum Gasteiger partial charge on any atom is -0.507 e. The molecule has 1 atom stereocenters. The number of hydrogen-bond acceptors (Lipinski definition) is 5. The number of rotatable bonds is 6. The molecule has 0 aromatic heterocycles. The normalized spacial score (nSPS) is 16.9. The molecule has 0 bridgehead atoms. The van der Waals surface area contributed by atoms with Crippen molar-refractivity contribution in [3.63, 3.8) is 0 Å². The summed E-state index contributed by atoms with van der Waals surface area (Å²) >= 11 is 0. The Labute approximate surface area is 221 Å². The molecule has 1 unspecified atom stereocenters. The number of anilines is 1. The summed E-state index contributed by atoms with van der Waals surface area (Å²) in [6, 6.07) is 25.0. The molecule has 4 aromatic rings. The molecule has 0 saturated carbocycles. The van der Waals surface area contributed by atoms with Crippen molar-refractivity contribution >= 4 is 33.9 Å². The summed E-state index contributed by atoms with van der Waals surface area (Å²) < 4.78 is 10.8. The van der Waals surface area contributed by atoms with Crippen LogP contribution in [0.15, 0.2) is 90.5 Å². The van der Waals surface area contributed by atoms with Crippen LogP contribution in [-0.4, -0.2) is 31.0 Å². The molecule has 0 radical (unpaired) electrons. The van der Waals surface area contributed by atoms with E-state index < -0.39 is 17.7 Å². The third-order valence-corrected chi connectivity index (χ3v) is 7.04. The SMILES string of the molecule is COc1ccc(N2C(=O)C(=O)/C(=C(/O)c3ccc(OC)c(C(C)C)c3)C2c2cccc3ccccc23)cc1. The van der Waals surface area contributed by atoms with Gasteiger partial charge in [0.05, 0.1) is 25.8 Å². The number of ether oxygens (including phenoxy) is 2. The van der Waals surface area contributed by atoms with E-state index in [1.54, 1.807) is 50.6 Å². The minimum atomic E-state index is -0.834. The first-order valence-electron chi connectivity index (χ1n) is 12.5. The van der Waals surface area contributed by atoms with Crippen LogP contribution < -0.4 is 14.4 Å². The van der Waals surface area contributed by atoms with Gasteiger partial charge in [-0.2, -0.15) is 0 Å². The van der Waals surface area contributed by atoms with Crippen LogP contribution in [-0.2, 0) is 9.59 Å². The van der Waals surface area contributed by atoms with Crippen molar-refractivity contribution in [2.45, 2.75) is 25.8 Å². The highest BCUT2D eigenvalue weighted by Gasteiger charge is 2.47. The molecule has 6 heteroatoms. The molecule has 6 nitrogen and oxygen atoms in total. The average molecular weight is 508 g/mol. The number of aliphatic hydroxyl groups is 1. The summed E-state index contributed by atoms with van der Waals surface area (Å²) in [6.45, 7) is 4.06. The van der Waals surface area contributed by atoms with Crippen LogP contribution in [0.3, 0.4) is 0 Å². The van der Waals surface area contributed by atoms with E-state index in [9.17, 15) is 14.7 Å². The molecule has 1 aliphatic rings. The van der Waals surface area contributed by atoms with Crippen molar-refractivity contribution in [1.29, 1.82) is 0 Å². The molecule has 1 aliphatic heterocycles. The van der Waals surface area contributed by atoms with Crippen LogP contribution in [0.25, 0.3) is 16.5 Å². The first kappa shape index (κ1) is 25.1. The van der Waals surface area contributed by atoms with E-state index in [1.807, 2.05) is 62.4 Å². The van der Waals surface area contributed by atoms with Crippen molar-refractivity contribution in [3.05, 3.63) is 107 Å². The summed E-state index contributed by atoms with van der Waals surface area (Å²) in [6.07, 6.45) is 0. The Hall–Kier alpha value is -4.58. The third kappa shape index (κ3) is 4.18. The highest BCUT2D eigenvalue weighted by Crippen LogP contribution is 2.45. The van der Waals surface area contributed by atoms with Crippen molar-refractivity contribution in [2.75, 3.05) is 19.1 Å². The molecule has 38 heavy (non-hydrogen) atoms. The predicted octanol–water partition coefficient (Wildman–Crippen LogP) is 6.61. The Morgan fingerprint density at radius 2 is 1.58 bits per heavy atom. The molecule has 192 valence electrons. The fourth-order valence-electron chi connectivity index (χ4n) is 5.11. The maximum Gasteiger partial charge on any atom is 0.300 e. The number of methoxy groups -OCH3 is 2. The molecule has 0 spiro atoms. The van der Waals surface area contributed by atoms with Gasteiger partial charge in [-0.25, -0.2) is 0 Å². The lowest BCUT2D eigenvalue weighted by Crippen LogP contribution is -2.29. The summed E-state index contributed by atoms with van der Waals surface area (Å²) in [5, 5.41) is 13.5. The first-order chi connectivity index (χ1) is 18.3. The van der Waals surface area contributed by atoms with Gasteiger partial charge in [0.25, 0.3) is 11.7 Å². The zero-order chi connectivity index (χ0) is 27.0. The number of benzene rings is 4. The number of ketones is 1. The Morgan fingerprint density at radius 1 is 0.868 bits per heavy atom. The topological polar surface area (TPSA) is 76.1 Å². The minimum absolute atomic E-state index is 0.0436. The monoisotopic (exact) mass is 507 g/mol. The van der Waals surface area contributed by atoms with Gasteiger partial charge in [0, 0.05) is 11.3 Å². The second-order valence-corrected chi connectivity index (χ2v) is 9.55. The Morgan fingerprint density at radius 3 is 2.26 bits per heavy atom. The summed E-state index contributed by atoms with van der Waals surface area (Å²) in [5.41, 5.74) is 2.66. The van der Waals surface area contributed by atoms with E-state index in [0.717, 1.165) is 21.9 Å². The maximum absolute atomic E-state index is 13.6. The lowest BCUT2D eigenvalue weighted by molar-refractivity contribution is -0.132. The molecular weight excluding hydrogens is 478 g/mol. The number of hydrogen-bond donors (Lipinski definition) is 1. The van der Waals surface area contributed by atoms with Crippen LogP contribution in [0.2, 0.25) is 0 Å². The highest BCUT2D eigenvalue weighted by atomic mass is 16.5. The van der Waals surface area contributed by atoms with Gasteiger partial charge in [-0.15, -0.1) is 0 Å². The van der Waals surface area contributed by atoms with Gasteiger partial charge < -0.3 is 14.6 Å². The van der Waals surface area contributed by atoms with Gasteiger partial charge in [0.2, 0.25) is 0 Å². The molecule has 5 rings (SSSR count). The maximum atomic E-state index is 13.6. The van der Waals surface area contributed by atoms with Crippen LogP contribution in [0.4, 0.5) is 5.69 Å². The number of carbonyl (C=O) groups excluding carboxylic acids is 2. The van der Waals surface area contributed by atoms with E-state index in [4.69, 9.17) is 9.47 Å². The molecule has 1 saturated heterocycles. The molecule has 4 aromatic carbocycles. The summed E-state index contributed by atoms with van der Waals surface area (Å²) in [7, 11) is 3.17. The van der Waals surface area contributed by atoms with Crippen LogP contribution in [0.1, 0.15) is 42.5 Å². The molecule has 0 aliphatic carbocycles. The van der Waals surface area contributed by atoms with Gasteiger partial charge in [-0.3, -0.25) is 14.5 Å². The van der Waals surface area contributed by atoms with Gasteiger partial charge in [0.15, 0.2) is 0 Å². The second kappa shape index (κ2) is 10.1. The third-order valence-electron chi connectivity index (χ3n) is 7.04. The molecular formula is C32H29NO5.